The van der Waals surface area contributed by atoms with Gasteiger partial charge in [0.05, 0.1) is 11.6 Å². The normalized spacial score (nSPS) is 12.1. The van der Waals surface area contributed by atoms with Gasteiger partial charge in [0.2, 0.25) is 5.88 Å². The van der Waals surface area contributed by atoms with Gasteiger partial charge in [-0.2, -0.15) is 13.2 Å². The summed E-state index contributed by atoms with van der Waals surface area (Å²) in [5.74, 6) is 0.558. The van der Waals surface area contributed by atoms with Crippen molar-refractivity contribution < 1.29 is 17.9 Å². The SMILES string of the molecule is CCNC(=NCc1ccnc(OCC(F)(F)F)c1)NCCc1ncc(CC)s1. The number of ether oxygens (including phenoxy) is 1. The summed E-state index contributed by atoms with van der Waals surface area (Å²) in [7, 11) is 0. The number of aliphatic imine (C=N–C) groups is 1. The Hall–Kier alpha value is -2.36. The molecule has 28 heavy (non-hydrogen) atoms. The van der Waals surface area contributed by atoms with E-state index in [0.717, 1.165) is 17.8 Å². The van der Waals surface area contributed by atoms with Crippen LogP contribution in [0.25, 0.3) is 0 Å². The highest BCUT2D eigenvalue weighted by atomic mass is 32.1. The standard InChI is InChI=1S/C18H24F3N5OS/c1-3-14-11-25-16(28-14)6-8-24-17(22-4-2)26-10-13-5-7-23-15(9-13)27-12-18(19,20)21/h5,7,9,11H,3-4,6,8,10,12H2,1-2H3,(H2,22,24,26). The predicted molar refractivity (Wildman–Crippen MR) is 104 cm³/mol. The third kappa shape index (κ3) is 8.12. The summed E-state index contributed by atoms with van der Waals surface area (Å²) in [6.07, 6.45) is 0.689. The Morgan fingerprint density at radius 1 is 1.25 bits per heavy atom. The van der Waals surface area contributed by atoms with E-state index in [4.69, 9.17) is 0 Å². The van der Waals surface area contributed by atoms with E-state index >= 15 is 0 Å². The first kappa shape index (κ1) is 21.9. The summed E-state index contributed by atoms with van der Waals surface area (Å²) in [6.45, 7) is 4.36. The van der Waals surface area contributed by atoms with E-state index in [1.807, 2.05) is 13.1 Å². The average molecular weight is 415 g/mol. The largest absolute Gasteiger partial charge is 0.468 e. The quantitative estimate of drug-likeness (QED) is 0.486. The number of aromatic nitrogens is 2. The number of guanidine groups is 1. The zero-order chi connectivity index (χ0) is 20.4. The lowest BCUT2D eigenvalue weighted by Gasteiger charge is -2.11. The molecule has 6 nitrogen and oxygen atoms in total. The van der Waals surface area contributed by atoms with Gasteiger partial charge < -0.3 is 15.4 Å². The molecule has 0 aliphatic carbocycles. The van der Waals surface area contributed by atoms with Crippen LogP contribution in [-0.4, -0.2) is 41.8 Å². The van der Waals surface area contributed by atoms with E-state index in [1.54, 1.807) is 17.4 Å². The van der Waals surface area contributed by atoms with E-state index < -0.39 is 12.8 Å². The van der Waals surface area contributed by atoms with E-state index in [1.165, 1.54) is 17.1 Å². The molecular formula is C18H24F3N5OS. The lowest BCUT2D eigenvalue weighted by molar-refractivity contribution is -0.154. The molecule has 0 atom stereocenters. The molecule has 2 heterocycles. The van der Waals surface area contributed by atoms with Gasteiger partial charge in [0.25, 0.3) is 0 Å². The molecule has 0 amide bonds. The second-order valence-corrected chi connectivity index (χ2v) is 7.05. The van der Waals surface area contributed by atoms with Crippen molar-refractivity contribution in [2.24, 2.45) is 4.99 Å². The molecular weight excluding hydrogens is 391 g/mol. The van der Waals surface area contributed by atoms with E-state index in [9.17, 15) is 13.2 Å². The highest BCUT2D eigenvalue weighted by Gasteiger charge is 2.28. The van der Waals surface area contributed by atoms with E-state index in [0.29, 0.717) is 24.6 Å². The molecule has 2 aromatic rings. The molecule has 0 saturated carbocycles. The Kier molecular flexibility index (Phi) is 8.49. The fourth-order valence-electron chi connectivity index (χ4n) is 2.21. The number of aryl methyl sites for hydroxylation is 1. The van der Waals surface area contributed by atoms with Crippen molar-refractivity contribution in [2.45, 2.75) is 39.4 Å². The van der Waals surface area contributed by atoms with Crippen LogP contribution in [0.15, 0.2) is 29.5 Å². The summed E-state index contributed by atoms with van der Waals surface area (Å²) < 4.78 is 41.4. The van der Waals surface area contributed by atoms with Crippen molar-refractivity contribution in [1.29, 1.82) is 0 Å². The first-order valence-corrected chi connectivity index (χ1v) is 9.81. The van der Waals surface area contributed by atoms with Gasteiger partial charge in [-0.15, -0.1) is 11.3 Å². The molecule has 0 aliphatic heterocycles. The number of nitrogens with one attached hydrogen (secondary N) is 2. The highest BCUT2D eigenvalue weighted by Crippen LogP contribution is 2.18. The Morgan fingerprint density at radius 3 is 2.75 bits per heavy atom. The van der Waals surface area contributed by atoms with Crippen molar-refractivity contribution in [3.63, 3.8) is 0 Å². The van der Waals surface area contributed by atoms with Gasteiger partial charge in [-0.1, -0.05) is 6.92 Å². The maximum absolute atomic E-state index is 12.2. The van der Waals surface area contributed by atoms with E-state index in [2.05, 4.69) is 37.3 Å². The zero-order valence-electron chi connectivity index (χ0n) is 15.8. The smallest absolute Gasteiger partial charge is 0.422 e. The second kappa shape index (κ2) is 10.8. The van der Waals surface area contributed by atoms with Crippen LogP contribution in [-0.2, 0) is 19.4 Å². The van der Waals surface area contributed by atoms with Gasteiger partial charge in [-0.25, -0.2) is 15.0 Å². The van der Waals surface area contributed by atoms with Gasteiger partial charge in [0, 0.05) is 42.8 Å². The minimum absolute atomic E-state index is 0.0708. The second-order valence-electron chi connectivity index (χ2n) is 5.85. The van der Waals surface area contributed by atoms with Crippen LogP contribution in [0.4, 0.5) is 13.2 Å². The van der Waals surface area contributed by atoms with Crippen molar-refractivity contribution in [3.05, 3.63) is 40.0 Å². The third-order valence-electron chi connectivity index (χ3n) is 3.53. The summed E-state index contributed by atoms with van der Waals surface area (Å²) in [5, 5.41) is 7.45. The van der Waals surface area contributed by atoms with Gasteiger partial charge in [-0.3, -0.25) is 0 Å². The molecule has 2 aromatic heterocycles. The maximum Gasteiger partial charge on any atom is 0.422 e. The molecule has 0 bridgehead atoms. The minimum atomic E-state index is -4.40. The number of halogens is 3. The molecule has 0 saturated heterocycles. The molecule has 0 radical (unpaired) electrons. The summed E-state index contributed by atoms with van der Waals surface area (Å²) in [5.41, 5.74) is 0.705. The van der Waals surface area contributed by atoms with Crippen LogP contribution in [0.2, 0.25) is 0 Å². The van der Waals surface area contributed by atoms with Crippen LogP contribution in [0.5, 0.6) is 5.88 Å². The van der Waals surface area contributed by atoms with E-state index in [-0.39, 0.29) is 12.4 Å². The predicted octanol–water partition coefficient (Wildman–Crippen LogP) is 3.34. The van der Waals surface area contributed by atoms with Crippen LogP contribution in [0.3, 0.4) is 0 Å². The molecule has 0 aromatic carbocycles. The number of hydrogen-bond donors (Lipinski definition) is 2. The first-order chi connectivity index (χ1) is 13.4. The zero-order valence-corrected chi connectivity index (χ0v) is 16.7. The number of hydrogen-bond acceptors (Lipinski definition) is 5. The van der Waals surface area contributed by atoms with Gasteiger partial charge in [0.15, 0.2) is 12.6 Å². The molecule has 0 fully saturated rings. The number of rotatable bonds is 9. The van der Waals surface area contributed by atoms with Gasteiger partial charge in [0.1, 0.15) is 0 Å². The van der Waals surface area contributed by atoms with Gasteiger partial charge in [-0.05, 0) is 25.0 Å². The molecule has 2 N–H and O–H groups in total. The fraction of sp³-hybridized carbons (Fsp3) is 0.500. The topological polar surface area (TPSA) is 71.4 Å². The minimum Gasteiger partial charge on any atom is -0.468 e. The summed E-state index contributed by atoms with van der Waals surface area (Å²) >= 11 is 1.70. The Labute approximate surface area is 166 Å². The van der Waals surface area contributed by atoms with Crippen LogP contribution < -0.4 is 15.4 Å². The number of nitrogens with zero attached hydrogens (tertiary/aromatic N) is 3. The van der Waals surface area contributed by atoms with Crippen LogP contribution in [0, 0.1) is 0 Å². The summed E-state index contributed by atoms with van der Waals surface area (Å²) in [6, 6.07) is 3.15. The molecule has 0 unspecified atom stereocenters. The number of thiazole rings is 1. The Balaban J connectivity index is 1.88. The molecule has 0 spiro atoms. The lowest BCUT2D eigenvalue weighted by Crippen LogP contribution is -2.38. The van der Waals surface area contributed by atoms with Gasteiger partial charge >= 0.3 is 6.18 Å². The molecule has 154 valence electrons. The average Bonchev–Trinajstić information content (AvgIpc) is 3.12. The fourth-order valence-corrected chi connectivity index (χ4v) is 3.07. The molecule has 10 heteroatoms. The van der Waals surface area contributed by atoms with Crippen molar-refractivity contribution in [3.8, 4) is 5.88 Å². The number of pyridine rings is 1. The lowest BCUT2D eigenvalue weighted by atomic mass is 10.3. The van der Waals surface area contributed by atoms with Crippen molar-refractivity contribution in [1.82, 2.24) is 20.6 Å². The number of alkyl halides is 3. The van der Waals surface area contributed by atoms with Crippen molar-refractivity contribution >= 4 is 17.3 Å². The summed E-state index contributed by atoms with van der Waals surface area (Å²) in [4.78, 5) is 13.9. The van der Waals surface area contributed by atoms with Crippen molar-refractivity contribution in [2.75, 3.05) is 19.7 Å². The molecule has 0 aliphatic rings. The first-order valence-electron chi connectivity index (χ1n) is 9.00. The molecule has 2 rings (SSSR count). The highest BCUT2D eigenvalue weighted by molar-refractivity contribution is 7.11. The van der Waals surface area contributed by atoms with Crippen LogP contribution in [0.1, 0.15) is 29.3 Å². The Bertz CT molecular complexity index is 764. The Morgan fingerprint density at radius 2 is 2.07 bits per heavy atom. The third-order valence-corrected chi connectivity index (χ3v) is 4.73. The van der Waals surface area contributed by atoms with Crippen LogP contribution >= 0.6 is 11.3 Å². The maximum atomic E-state index is 12.2. The monoisotopic (exact) mass is 415 g/mol.